The van der Waals surface area contributed by atoms with Crippen LogP contribution in [0.1, 0.15) is 33.3 Å². The summed E-state index contributed by atoms with van der Waals surface area (Å²) in [4.78, 5) is 0. The zero-order valence-corrected chi connectivity index (χ0v) is 8.96. The van der Waals surface area contributed by atoms with Crippen molar-refractivity contribution in [2.24, 2.45) is 5.41 Å². The summed E-state index contributed by atoms with van der Waals surface area (Å²) in [5, 5.41) is 0. The lowest BCUT2D eigenvalue weighted by Gasteiger charge is -2.19. The molecule has 0 bridgehead atoms. The van der Waals surface area contributed by atoms with Crippen molar-refractivity contribution in [2.45, 2.75) is 27.7 Å². The van der Waals surface area contributed by atoms with E-state index in [1.807, 2.05) is 6.07 Å². The van der Waals surface area contributed by atoms with Gasteiger partial charge < -0.3 is 0 Å². The quantitative estimate of drug-likeness (QED) is 0.600. The lowest BCUT2D eigenvalue weighted by Crippen LogP contribution is -2.05. The van der Waals surface area contributed by atoms with Crippen LogP contribution in [0, 0.1) is 5.41 Å². The Morgan fingerprint density at radius 3 is 2.08 bits per heavy atom. The van der Waals surface area contributed by atoms with Gasteiger partial charge in [0.2, 0.25) is 0 Å². The summed E-state index contributed by atoms with van der Waals surface area (Å²) >= 11 is 0. The molecule has 0 aliphatic carbocycles. The maximum absolute atomic E-state index is 2.25. The van der Waals surface area contributed by atoms with E-state index in [0.29, 0.717) is 0 Å². The second kappa shape index (κ2) is 3.78. The van der Waals surface area contributed by atoms with E-state index in [2.05, 4.69) is 58.0 Å². The average molecular weight is 174 g/mol. The number of hydrogen-bond acceptors (Lipinski definition) is 0. The molecule has 0 unspecified atom stereocenters. The fourth-order valence-electron chi connectivity index (χ4n) is 1.02. The molecule has 0 N–H and O–H groups in total. The minimum absolute atomic E-state index is 0.274. The molecule has 0 atom stereocenters. The van der Waals surface area contributed by atoms with E-state index in [1.165, 1.54) is 11.1 Å². The third-order valence-corrected chi connectivity index (χ3v) is 2.37. The molecule has 0 saturated heterocycles. The Hall–Kier alpha value is -1.04. The van der Waals surface area contributed by atoms with Gasteiger partial charge in [-0.05, 0) is 17.9 Å². The molecular formula is C13H18. The van der Waals surface area contributed by atoms with Crippen LogP contribution < -0.4 is 0 Å². The minimum atomic E-state index is 0.274. The van der Waals surface area contributed by atoms with E-state index < -0.39 is 0 Å². The van der Waals surface area contributed by atoms with Gasteiger partial charge in [-0.3, -0.25) is 0 Å². The second-order valence-electron chi connectivity index (χ2n) is 4.49. The molecule has 0 aliphatic rings. The molecule has 0 radical (unpaired) electrons. The van der Waals surface area contributed by atoms with Gasteiger partial charge in [-0.25, -0.2) is 0 Å². The van der Waals surface area contributed by atoms with Crippen molar-refractivity contribution < 1.29 is 0 Å². The first kappa shape index (κ1) is 10.0. The maximum atomic E-state index is 2.25. The monoisotopic (exact) mass is 174 g/mol. The number of hydrogen-bond donors (Lipinski definition) is 0. The van der Waals surface area contributed by atoms with Crippen LogP contribution >= 0.6 is 0 Å². The Morgan fingerprint density at radius 2 is 1.62 bits per heavy atom. The third-order valence-electron chi connectivity index (χ3n) is 2.37. The number of rotatable bonds is 1. The molecule has 0 aromatic heterocycles. The molecule has 0 saturated carbocycles. The highest BCUT2D eigenvalue weighted by molar-refractivity contribution is 5.53. The van der Waals surface area contributed by atoms with Gasteiger partial charge in [-0.2, -0.15) is 0 Å². The summed E-state index contributed by atoms with van der Waals surface area (Å²) in [5.74, 6) is 0. The highest BCUT2D eigenvalue weighted by atomic mass is 14.2. The van der Waals surface area contributed by atoms with Gasteiger partial charge in [-0.1, -0.05) is 62.8 Å². The summed E-state index contributed by atoms with van der Waals surface area (Å²) in [6.45, 7) is 8.90. The highest BCUT2D eigenvalue weighted by Gasteiger charge is 2.11. The van der Waals surface area contributed by atoms with E-state index in [1.54, 1.807) is 0 Å². The first-order valence-electron chi connectivity index (χ1n) is 4.74. The summed E-state index contributed by atoms with van der Waals surface area (Å²) < 4.78 is 0. The predicted molar refractivity (Wildman–Crippen MR) is 59.5 cm³/mol. The van der Waals surface area contributed by atoms with Gasteiger partial charge in [-0.15, -0.1) is 0 Å². The summed E-state index contributed by atoms with van der Waals surface area (Å²) in [7, 11) is 0. The van der Waals surface area contributed by atoms with Crippen LogP contribution in [0.15, 0.2) is 35.9 Å². The van der Waals surface area contributed by atoms with Crippen LogP contribution in [-0.2, 0) is 0 Å². The molecule has 0 fully saturated rings. The molecule has 70 valence electrons. The summed E-state index contributed by atoms with van der Waals surface area (Å²) in [6.07, 6.45) is 2.25. The van der Waals surface area contributed by atoms with Crippen LogP contribution in [0.2, 0.25) is 0 Å². The Labute approximate surface area is 81.3 Å². The van der Waals surface area contributed by atoms with Gasteiger partial charge in [0.05, 0.1) is 0 Å². The molecule has 0 amide bonds. The number of allylic oxidation sites excluding steroid dienone is 1. The zero-order chi connectivity index (χ0) is 9.90. The van der Waals surface area contributed by atoms with E-state index in [9.17, 15) is 0 Å². The van der Waals surface area contributed by atoms with Crippen LogP contribution in [0.3, 0.4) is 0 Å². The van der Waals surface area contributed by atoms with Crippen LogP contribution in [0.25, 0.3) is 6.08 Å². The molecule has 1 aromatic rings. The lowest BCUT2D eigenvalue weighted by atomic mass is 9.86. The smallest absolute Gasteiger partial charge is 0.0172 e. The SMILES string of the molecule is CC(=Cc1ccccc1)C(C)(C)C. The second-order valence-corrected chi connectivity index (χ2v) is 4.49. The number of benzene rings is 1. The van der Waals surface area contributed by atoms with Crippen LogP contribution in [0.5, 0.6) is 0 Å². The fraction of sp³-hybridized carbons (Fsp3) is 0.385. The molecule has 0 spiro atoms. The standard InChI is InChI=1S/C13H18/c1-11(13(2,3)4)10-12-8-6-5-7-9-12/h5-10H,1-4H3. The molecule has 1 aromatic carbocycles. The van der Waals surface area contributed by atoms with Crippen molar-refractivity contribution in [3.63, 3.8) is 0 Å². The predicted octanol–water partition coefficient (Wildman–Crippen LogP) is 4.14. The molecule has 0 nitrogen and oxygen atoms in total. The molecule has 0 heteroatoms. The first-order valence-corrected chi connectivity index (χ1v) is 4.74. The maximum Gasteiger partial charge on any atom is -0.0172 e. The Balaban J connectivity index is 2.90. The molecular weight excluding hydrogens is 156 g/mol. The van der Waals surface area contributed by atoms with E-state index in [-0.39, 0.29) is 5.41 Å². The largest absolute Gasteiger partial charge is 0.0674 e. The normalized spacial score (nSPS) is 13.1. The summed E-state index contributed by atoms with van der Waals surface area (Å²) in [6, 6.07) is 10.5. The molecule has 0 heterocycles. The van der Waals surface area contributed by atoms with Crippen molar-refractivity contribution in [1.29, 1.82) is 0 Å². The molecule has 1 rings (SSSR count). The Kier molecular flexibility index (Phi) is 2.92. The molecule has 0 aliphatic heterocycles. The van der Waals surface area contributed by atoms with Crippen molar-refractivity contribution in [2.75, 3.05) is 0 Å². The van der Waals surface area contributed by atoms with Crippen molar-refractivity contribution in [1.82, 2.24) is 0 Å². The van der Waals surface area contributed by atoms with Gasteiger partial charge >= 0.3 is 0 Å². The van der Waals surface area contributed by atoms with Crippen LogP contribution in [-0.4, -0.2) is 0 Å². The topological polar surface area (TPSA) is 0 Å². The fourth-order valence-corrected chi connectivity index (χ4v) is 1.02. The zero-order valence-electron chi connectivity index (χ0n) is 8.96. The third kappa shape index (κ3) is 3.06. The highest BCUT2D eigenvalue weighted by Crippen LogP contribution is 2.26. The van der Waals surface area contributed by atoms with Crippen molar-refractivity contribution in [3.8, 4) is 0 Å². The van der Waals surface area contributed by atoms with E-state index >= 15 is 0 Å². The summed E-state index contributed by atoms with van der Waals surface area (Å²) in [5.41, 5.74) is 2.98. The average Bonchev–Trinajstić information content (AvgIpc) is 2.04. The van der Waals surface area contributed by atoms with E-state index in [0.717, 1.165) is 0 Å². The lowest BCUT2D eigenvalue weighted by molar-refractivity contribution is 0.508. The van der Waals surface area contributed by atoms with Gasteiger partial charge in [0.15, 0.2) is 0 Å². The Morgan fingerprint density at radius 1 is 1.08 bits per heavy atom. The van der Waals surface area contributed by atoms with Gasteiger partial charge in [0, 0.05) is 0 Å². The van der Waals surface area contributed by atoms with Gasteiger partial charge in [0.1, 0.15) is 0 Å². The van der Waals surface area contributed by atoms with Crippen LogP contribution in [0.4, 0.5) is 0 Å². The minimum Gasteiger partial charge on any atom is -0.0674 e. The van der Waals surface area contributed by atoms with Crippen molar-refractivity contribution in [3.05, 3.63) is 41.5 Å². The van der Waals surface area contributed by atoms with Crippen molar-refractivity contribution >= 4 is 6.08 Å². The van der Waals surface area contributed by atoms with E-state index in [4.69, 9.17) is 0 Å². The van der Waals surface area contributed by atoms with Gasteiger partial charge in [0.25, 0.3) is 0 Å². The molecule has 13 heavy (non-hydrogen) atoms. The Bertz CT molecular complexity index is 286. The first-order chi connectivity index (χ1) is 6.00.